The van der Waals surface area contributed by atoms with Gasteiger partial charge < -0.3 is 9.47 Å². The molecule has 3 aromatic rings. The molecule has 1 heterocycles. The summed E-state index contributed by atoms with van der Waals surface area (Å²) in [4.78, 5) is 38.7. The zero-order valence-electron chi connectivity index (χ0n) is 20.4. The van der Waals surface area contributed by atoms with Crippen molar-refractivity contribution in [3.8, 4) is 11.5 Å². The maximum atomic E-state index is 13.3. The van der Waals surface area contributed by atoms with Gasteiger partial charge in [0, 0.05) is 0 Å². The Morgan fingerprint density at radius 3 is 2.38 bits per heavy atom. The molecule has 1 fully saturated rings. The zero-order chi connectivity index (χ0) is 29.2. The number of alkyl halides is 3. The number of anilines is 1. The van der Waals surface area contributed by atoms with Crippen LogP contribution in [0.4, 0.5) is 28.0 Å². The predicted octanol–water partition coefficient (Wildman–Crippen LogP) is 6.90. The van der Waals surface area contributed by atoms with Crippen molar-refractivity contribution < 1.29 is 41.4 Å². The van der Waals surface area contributed by atoms with Crippen LogP contribution in [0.25, 0.3) is 6.08 Å². The Hall–Kier alpha value is -3.90. The third kappa shape index (κ3) is 6.28. The van der Waals surface area contributed by atoms with E-state index < -0.39 is 46.7 Å². The molecule has 0 aliphatic carbocycles. The van der Waals surface area contributed by atoms with Crippen LogP contribution in [-0.2, 0) is 22.4 Å². The van der Waals surface area contributed by atoms with Crippen LogP contribution in [0.5, 0.6) is 11.5 Å². The van der Waals surface area contributed by atoms with E-state index in [0.717, 1.165) is 12.1 Å². The first kappa shape index (κ1) is 29.1. The van der Waals surface area contributed by atoms with E-state index in [9.17, 15) is 31.9 Å². The van der Waals surface area contributed by atoms with Gasteiger partial charge in [-0.1, -0.05) is 23.7 Å². The molecule has 0 unspecified atom stereocenters. The van der Waals surface area contributed by atoms with Crippen molar-refractivity contribution in [1.82, 2.24) is 5.32 Å². The molecular weight excluding hydrogens is 624 g/mol. The number of nitrogens with zero attached hydrogens (tertiary/aromatic N) is 1. The number of urea groups is 1. The van der Waals surface area contributed by atoms with Crippen LogP contribution < -0.4 is 19.7 Å². The summed E-state index contributed by atoms with van der Waals surface area (Å²) in [6.07, 6.45) is -3.62. The molecule has 4 rings (SSSR count). The van der Waals surface area contributed by atoms with E-state index in [0.29, 0.717) is 32.8 Å². The molecule has 0 spiro atoms. The monoisotopic (exact) mass is 640 g/mol. The van der Waals surface area contributed by atoms with Crippen LogP contribution in [-0.4, -0.2) is 24.5 Å². The van der Waals surface area contributed by atoms with Crippen molar-refractivity contribution in [3.05, 3.63) is 92.2 Å². The standard InChI is InChI=1S/C27H18BrClF4N2O5/c1-2-39-22-11-15(10-19(28)23(22)40-13-14-3-6-17(30)7-4-14)9-18-24(36)34-26(38)35(25(18)37)21-12-16(27(31,32)33)5-8-20(21)29/h3-12H,2,13H2,1H3,(H,34,36,38)/b18-9+. The van der Waals surface area contributed by atoms with Gasteiger partial charge in [-0.3, -0.25) is 14.9 Å². The Balaban J connectivity index is 1.69. The van der Waals surface area contributed by atoms with E-state index in [1.807, 2.05) is 5.32 Å². The molecule has 1 saturated heterocycles. The summed E-state index contributed by atoms with van der Waals surface area (Å²) >= 11 is 9.40. The fourth-order valence-corrected chi connectivity index (χ4v) is 4.49. The topological polar surface area (TPSA) is 84.9 Å². The van der Waals surface area contributed by atoms with E-state index in [4.69, 9.17) is 21.1 Å². The SMILES string of the molecule is CCOc1cc(/C=C2\C(=O)NC(=O)N(c3cc(C(F)(F)F)ccc3Cl)C2=O)cc(Br)c1OCc1ccc(F)cc1. The lowest BCUT2D eigenvalue weighted by molar-refractivity contribution is -0.137. The molecule has 1 aliphatic heterocycles. The minimum atomic E-state index is -4.77. The highest BCUT2D eigenvalue weighted by Crippen LogP contribution is 2.39. The number of hydrogen-bond acceptors (Lipinski definition) is 5. The van der Waals surface area contributed by atoms with E-state index in [2.05, 4.69) is 15.9 Å². The van der Waals surface area contributed by atoms with Gasteiger partial charge in [0.25, 0.3) is 11.8 Å². The Bertz CT molecular complexity index is 1530. The van der Waals surface area contributed by atoms with E-state index in [-0.39, 0.29) is 29.5 Å². The molecule has 0 saturated carbocycles. The Labute approximate surface area is 238 Å². The van der Waals surface area contributed by atoms with Crippen molar-refractivity contribution >= 4 is 57.1 Å². The summed E-state index contributed by atoms with van der Waals surface area (Å²) in [5.41, 5.74) is -1.27. The fraction of sp³-hybridized carbons (Fsp3) is 0.148. The summed E-state index contributed by atoms with van der Waals surface area (Å²) in [6.45, 7) is 2.04. The van der Waals surface area contributed by atoms with Gasteiger partial charge in [0.15, 0.2) is 11.5 Å². The number of ether oxygens (including phenoxy) is 2. The van der Waals surface area contributed by atoms with Gasteiger partial charge in [-0.05, 0) is 82.5 Å². The van der Waals surface area contributed by atoms with Gasteiger partial charge in [0.2, 0.25) is 0 Å². The lowest BCUT2D eigenvalue weighted by Gasteiger charge is -2.27. The van der Waals surface area contributed by atoms with Crippen LogP contribution >= 0.6 is 27.5 Å². The summed E-state index contributed by atoms with van der Waals surface area (Å²) < 4.78 is 64.9. The average Bonchev–Trinajstić information content (AvgIpc) is 2.87. The molecule has 40 heavy (non-hydrogen) atoms. The second kappa shape index (κ2) is 11.7. The third-order valence-electron chi connectivity index (χ3n) is 5.56. The number of barbiturate groups is 1. The molecule has 0 bridgehead atoms. The summed E-state index contributed by atoms with van der Waals surface area (Å²) in [5.74, 6) is -2.10. The van der Waals surface area contributed by atoms with Crippen molar-refractivity contribution in [1.29, 1.82) is 0 Å². The zero-order valence-corrected chi connectivity index (χ0v) is 22.8. The maximum absolute atomic E-state index is 13.3. The van der Waals surface area contributed by atoms with Crippen molar-refractivity contribution in [2.24, 2.45) is 0 Å². The van der Waals surface area contributed by atoms with Gasteiger partial charge >= 0.3 is 12.2 Å². The Morgan fingerprint density at radius 1 is 1.02 bits per heavy atom. The lowest BCUT2D eigenvalue weighted by atomic mass is 10.1. The fourth-order valence-electron chi connectivity index (χ4n) is 3.71. The first-order valence-electron chi connectivity index (χ1n) is 11.5. The van der Waals surface area contributed by atoms with Crippen LogP contribution in [0.3, 0.4) is 0 Å². The maximum Gasteiger partial charge on any atom is 0.416 e. The number of rotatable bonds is 7. The van der Waals surface area contributed by atoms with E-state index in [1.165, 1.54) is 24.3 Å². The van der Waals surface area contributed by atoms with Crippen LogP contribution in [0, 0.1) is 5.82 Å². The summed E-state index contributed by atoms with van der Waals surface area (Å²) in [5, 5.41) is 1.64. The molecule has 13 heteroatoms. The number of benzene rings is 3. The number of amides is 4. The molecule has 0 atom stereocenters. The van der Waals surface area contributed by atoms with Crippen LogP contribution in [0.2, 0.25) is 5.02 Å². The number of imide groups is 2. The number of hydrogen-bond donors (Lipinski definition) is 1. The molecule has 0 radical (unpaired) electrons. The second-order valence-corrected chi connectivity index (χ2v) is 9.56. The molecule has 4 amide bonds. The van der Waals surface area contributed by atoms with Crippen molar-refractivity contribution in [3.63, 3.8) is 0 Å². The Kier molecular flexibility index (Phi) is 8.50. The molecule has 208 valence electrons. The highest BCUT2D eigenvalue weighted by Gasteiger charge is 2.39. The summed E-state index contributed by atoms with van der Waals surface area (Å²) in [6, 6.07) is 9.56. The molecule has 3 aromatic carbocycles. The average molecular weight is 642 g/mol. The highest BCUT2D eigenvalue weighted by atomic mass is 79.9. The second-order valence-electron chi connectivity index (χ2n) is 8.30. The first-order valence-corrected chi connectivity index (χ1v) is 12.7. The summed E-state index contributed by atoms with van der Waals surface area (Å²) in [7, 11) is 0. The number of halogens is 6. The van der Waals surface area contributed by atoms with Gasteiger partial charge in [-0.15, -0.1) is 0 Å². The highest BCUT2D eigenvalue weighted by molar-refractivity contribution is 9.10. The van der Waals surface area contributed by atoms with Crippen LogP contribution in [0.15, 0.2) is 64.6 Å². The molecule has 0 aromatic heterocycles. The van der Waals surface area contributed by atoms with Gasteiger partial charge in [0.05, 0.1) is 27.4 Å². The van der Waals surface area contributed by atoms with Gasteiger partial charge in [-0.25, -0.2) is 14.1 Å². The van der Waals surface area contributed by atoms with E-state index >= 15 is 0 Å². The largest absolute Gasteiger partial charge is 0.490 e. The molecule has 1 N–H and O–H groups in total. The first-order chi connectivity index (χ1) is 18.9. The number of carbonyl (C=O) groups excluding carboxylic acids is 3. The minimum absolute atomic E-state index is 0.0785. The van der Waals surface area contributed by atoms with E-state index in [1.54, 1.807) is 19.1 Å². The predicted molar refractivity (Wildman–Crippen MR) is 141 cm³/mol. The minimum Gasteiger partial charge on any atom is -0.490 e. The smallest absolute Gasteiger partial charge is 0.416 e. The lowest BCUT2D eigenvalue weighted by Crippen LogP contribution is -2.54. The van der Waals surface area contributed by atoms with Gasteiger partial charge in [-0.2, -0.15) is 13.2 Å². The Morgan fingerprint density at radius 2 is 1.73 bits per heavy atom. The van der Waals surface area contributed by atoms with Crippen LogP contribution in [0.1, 0.15) is 23.6 Å². The van der Waals surface area contributed by atoms with Crippen molar-refractivity contribution in [2.45, 2.75) is 19.7 Å². The van der Waals surface area contributed by atoms with Gasteiger partial charge in [0.1, 0.15) is 18.0 Å². The third-order valence-corrected chi connectivity index (χ3v) is 6.46. The molecule has 7 nitrogen and oxygen atoms in total. The number of nitrogens with one attached hydrogen (secondary N) is 1. The molecular formula is C27H18BrClF4N2O5. The quantitative estimate of drug-likeness (QED) is 0.172. The molecule has 1 aliphatic rings. The number of carbonyl (C=O) groups is 3. The normalized spacial score (nSPS) is 14.9. The van der Waals surface area contributed by atoms with Crippen molar-refractivity contribution in [2.75, 3.05) is 11.5 Å².